The number of hydrogen-bond donors (Lipinski definition) is 0. The van der Waals surface area contributed by atoms with E-state index in [9.17, 15) is 18.4 Å². The van der Waals surface area contributed by atoms with Crippen LogP contribution in [-0.4, -0.2) is 42.2 Å². The first-order valence-electron chi connectivity index (χ1n) is 9.17. The van der Waals surface area contributed by atoms with E-state index >= 15 is 0 Å². The summed E-state index contributed by atoms with van der Waals surface area (Å²) >= 11 is 0. The number of amides is 1. The first-order chi connectivity index (χ1) is 13.5. The highest BCUT2D eigenvalue weighted by molar-refractivity contribution is 5.93. The molecule has 1 saturated heterocycles. The second kappa shape index (κ2) is 6.22. The average Bonchev–Trinajstić information content (AvgIpc) is 3.27. The molecule has 9 heteroatoms. The lowest BCUT2D eigenvalue weighted by Gasteiger charge is -2.27. The third-order valence-electron chi connectivity index (χ3n) is 5.63. The van der Waals surface area contributed by atoms with Gasteiger partial charge >= 0.3 is 6.55 Å². The van der Waals surface area contributed by atoms with Crippen LogP contribution in [0.2, 0.25) is 0 Å². The van der Waals surface area contributed by atoms with Gasteiger partial charge in [-0.3, -0.25) is 14.2 Å². The van der Waals surface area contributed by atoms with Crippen molar-refractivity contribution in [3.05, 3.63) is 58.4 Å². The van der Waals surface area contributed by atoms with Gasteiger partial charge in [0.15, 0.2) is 5.69 Å². The zero-order valence-electron chi connectivity index (χ0n) is 14.8. The Kier molecular flexibility index (Phi) is 3.78. The van der Waals surface area contributed by atoms with E-state index in [1.807, 2.05) is 6.07 Å². The molecule has 0 aliphatic carbocycles. The Hall–Kier alpha value is -3.10. The Morgan fingerprint density at radius 2 is 1.93 bits per heavy atom. The first-order valence-corrected chi connectivity index (χ1v) is 9.17. The minimum atomic E-state index is -2.79. The fourth-order valence-electron chi connectivity index (χ4n) is 4.35. The smallest absolute Gasteiger partial charge is 0.329 e. The van der Waals surface area contributed by atoms with Gasteiger partial charge in [0.05, 0.1) is 16.9 Å². The lowest BCUT2D eigenvalue weighted by molar-refractivity contribution is 0.0541. The molecule has 2 aliphatic rings. The van der Waals surface area contributed by atoms with E-state index in [0.717, 1.165) is 19.0 Å². The van der Waals surface area contributed by atoms with Gasteiger partial charge in [0, 0.05) is 25.2 Å². The van der Waals surface area contributed by atoms with E-state index in [2.05, 4.69) is 10.1 Å². The van der Waals surface area contributed by atoms with E-state index < -0.39 is 6.55 Å². The summed E-state index contributed by atoms with van der Waals surface area (Å²) in [6, 6.07) is 8.19. The molecule has 0 spiro atoms. The van der Waals surface area contributed by atoms with Crippen LogP contribution in [-0.2, 0) is 13.0 Å². The molecule has 1 fully saturated rings. The quantitative estimate of drug-likeness (QED) is 0.678. The number of halogens is 2. The molecular weight excluding hydrogens is 368 g/mol. The van der Waals surface area contributed by atoms with Gasteiger partial charge in [-0.2, -0.15) is 13.9 Å². The molecule has 3 aromatic rings. The standard InChI is InChI=1S/C19H17F2N5O2/c20-19(21)25-8-7-15(23-25)18(28)26-11-5-6-12(26)10-24-16(9-11)22-14-4-2-1-3-13(14)17(24)27/h1-4,7-8,11-12,19H,5-6,9-10H2. The fourth-order valence-corrected chi connectivity index (χ4v) is 4.35. The molecule has 1 amide bonds. The molecule has 2 aromatic heterocycles. The number of para-hydroxylation sites is 1. The van der Waals surface area contributed by atoms with E-state index in [0.29, 0.717) is 34.4 Å². The fraction of sp³-hybridized carbons (Fsp3) is 0.368. The maximum absolute atomic E-state index is 13.0. The van der Waals surface area contributed by atoms with Gasteiger partial charge in [-0.15, -0.1) is 0 Å². The molecule has 7 nitrogen and oxygen atoms in total. The van der Waals surface area contributed by atoms with E-state index in [4.69, 9.17) is 0 Å². The van der Waals surface area contributed by atoms with Crippen LogP contribution in [0.25, 0.3) is 10.9 Å². The number of carbonyl (C=O) groups is 1. The summed E-state index contributed by atoms with van der Waals surface area (Å²) in [5.41, 5.74) is 0.529. The summed E-state index contributed by atoms with van der Waals surface area (Å²) in [6.45, 7) is -2.44. The van der Waals surface area contributed by atoms with Crippen molar-refractivity contribution in [2.24, 2.45) is 0 Å². The van der Waals surface area contributed by atoms with Crippen LogP contribution in [0.4, 0.5) is 8.78 Å². The van der Waals surface area contributed by atoms with Gasteiger partial charge in [0.25, 0.3) is 11.5 Å². The highest BCUT2D eigenvalue weighted by Gasteiger charge is 2.41. The predicted octanol–water partition coefficient (Wildman–Crippen LogP) is 2.22. The van der Waals surface area contributed by atoms with Crippen molar-refractivity contribution in [2.75, 3.05) is 0 Å². The summed E-state index contributed by atoms with van der Waals surface area (Å²) in [4.78, 5) is 32.3. The third-order valence-corrected chi connectivity index (χ3v) is 5.63. The largest absolute Gasteiger partial charge is 0.333 e. The average molecular weight is 385 g/mol. The molecular formula is C19H17F2N5O2. The number of hydrogen-bond acceptors (Lipinski definition) is 4. The van der Waals surface area contributed by atoms with Crippen LogP contribution in [0.5, 0.6) is 0 Å². The van der Waals surface area contributed by atoms with Gasteiger partial charge in [0.2, 0.25) is 0 Å². The predicted molar refractivity (Wildman–Crippen MR) is 96.2 cm³/mol. The van der Waals surface area contributed by atoms with Crippen molar-refractivity contribution < 1.29 is 13.6 Å². The number of alkyl halides is 2. The molecule has 2 unspecified atom stereocenters. The van der Waals surface area contributed by atoms with Crippen molar-refractivity contribution >= 4 is 16.8 Å². The number of carbonyl (C=O) groups excluding carboxylic acids is 1. The number of rotatable bonds is 2. The Bertz CT molecular complexity index is 1140. The van der Waals surface area contributed by atoms with E-state index in [1.54, 1.807) is 27.7 Å². The summed E-state index contributed by atoms with van der Waals surface area (Å²) in [6.07, 6.45) is 3.10. The topological polar surface area (TPSA) is 73.0 Å². The summed E-state index contributed by atoms with van der Waals surface area (Å²) in [5, 5.41) is 4.27. The minimum absolute atomic E-state index is 0.00590. The highest BCUT2D eigenvalue weighted by Crippen LogP contribution is 2.32. The Morgan fingerprint density at radius 3 is 2.71 bits per heavy atom. The Labute approximate surface area is 158 Å². The van der Waals surface area contributed by atoms with Crippen molar-refractivity contribution in [1.29, 1.82) is 0 Å². The Balaban J connectivity index is 1.53. The molecule has 28 heavy (non-hydrogen) atoms. The molecule has 0 saturated carbocycles. The number of nitrogens with zero attached hydrogens (tertiary/aromatic N) is 5. The lowest BCUT2D eigenvalue weighted by atomic mass is 10.1. The SMILES string of the molecule is O=C(c1ccn(C(F)F)n1)N1C2CCC1Cn1c(nc3ccccc3c1=O)C2. The first kappa shape index (κ1) is 17.0. The van der Waals surface area contributed by atoms with Crippen molar-refractivity contribution in [3.63, 3.8) is 0 Å². The van der Waals surface area contributed by atoms with E-state index in [1.165, 1.54) is 6.07 Å². The van der Waals surface area contributed by atoms with Gasteiger partial charge in [-0.1, -0.05) is 12.1 Å². The third kappa shape index (κ3) is 2.53. The minimum Gasteiger partial charge on any atom is -0.329 e. The lowest BCUT2D eigenvalue weighted by Crippen LogP contribution is -2.42. The number of aromatic nitrogens is 4. The number of benzene rings is 1. The molecule has 2 aliphatic heterocycles. The van der Waals surface area contributed by atoms with Crippen LogP contribution >= 0.6 is 0 Å². The van der Waals surface area contributed by atoms with Gasteiger partial charge in [-0.25, -0.2) is 9.67 Å². The van der Waals surface area contributed by atoms with Crippen molar-refractivity contribution in [1.82, 2.24) is 24.2 Å². The zero-order chi connectivity index (χ0) is 19.4. The normalized spacial score (nSPS) is 21.2. The molecule has 2 bridgehead atoms. The highest BCUT2D eigenvalue weighted by atomic mass is 19.3. The molecule has 4 heterocycles. The number of fused-ring (bicyclic) bond motifs is 4. The van der Waals surface area contributed by atoms with Crippen LogP contribution in [0, 0.1) is 0 Å². The zero-order valence-corrected chi connectivity index (χ0v) is 14.8. The summed E-state index contributed by atoms with van der Waals surface area (Å²) < 4.78 is 27.7. The van der Waals surface area contributed by atoms with Crippen LogP contribution in [0.3, 0.4) is 0 Å². The maximum atomic E-state index is 13.0. The second-order valence-corrected chi connectivity index (χ2v) is 7.22. The maximum Gasteiger partial charge on any atom is 0.333 e. The molecule has 5 rings (SSSR count). The van der Waals surface area contributed by atoms with Crippen LogP contribution in [0.15, 0.2) is 41.3 Å². The molecule has 0 N–H and O–H groups in total. The van der Waals surface area contributed by atoms with Crippen molar-refractivity contribution in [2.45, 2.75) is 44.4 Å². The monoisotopic (exact) mass is 385 g/mol. The Morgan fingerprint density at radius 1 is 1.14 bits per heavy atom. The molecule has 144 valence electrons. The molecule has 2 atom stereocenters. The molecule has 1 aromatic carbocycles. The van der Waals surface area contributed by atoms with Crippen LogP contribution in [0.1, 0.15) is 35.7 Å². The summed E-state index contributed by atoms with van der Waals surface area (Å²) in [5.74, 6) is 0.282. The van der Waals surface area contributed by atoms with Crippen LogP contribution < -0.4 is 5.56 Å². The summed E-state index contributed by atoms with van der Waals surface area (Å²) in [7, 11) is 0. The van der Waals surface area contributed by atoms with Gasteiger partial charge < -0.3 is 4.90 Å². The second-order valence-electron chi connectivity index (χ2n) is 7.22. The van der Waals surface area contributed by atoms with Crippen molar-refractivity contribution in [3.8, 4) is 0 Å². The molecule has 0 radical (unpaired) electrons. The van der Waals surface area contributed by atoms with Gasteiger partial charge in [0.1, 0.15) is 5.82 Å². The van der Waals surface area contributed by atoms with E-state index in [-0.39, 0.29) is 29.2 Å². The van der Waals surface area contributed by atoms with Gasteiger partial charge in [-0.05, 0) is 31.0 Å².